The Labute approximate surface area is 373 Å². The van der Waals surface area contributed by atoms with Gasteiger partial charge in [0, 0.05) is 45.8 Å². The lowest BCUT2D eigenvalue weighted by Gasteiger charge is -2.43. The monoisotopic (exact) mass is 897 g/mol. The number of likely N-dealkylation sites (N-methyl/N-ethyl adjacent to an activating group) is 2. The van der Waals surface area contributed by atoms with E-state index in [9.17, 15) is 39.2 Å². The fraction of sp³-hybridized carbons (Fsp3) is 0.744. The quantitative estimate of drug-likeness (QED) is 0.0967. The standard InChI is InChI=1S/C43H71N7O11.ClH/c1-12-27(6)38(47(9)37(26(4)5)42(55)46-41(54)36(44-8)25(2)3)34(59-10)24-35(52)48-19-15-16-31(48)39(60-11)28(7)40(53)45-30(43(56)49-20-13-14-21-61-49)22-29-17-18-33(51)32(23-29)50(57)58;/h17-18,23,25-28,30-31,34,36-39,44,51H,12-16,19-22,24H2,1-11H3,(H,45,53)(H,46,54,55);1H/t27-,28+,30-,31-,34+,36-,37-,38-,39+;/m0./s1. The van der Waals surface area contributed by atoms with E-state index in [1.807, 2.05) is 53.5 Å². The fourth-order valence-electron chi connectivity index (χ4n) is 8.90. The number of hydrogen-bond acceptors (Lipinski definition) is 13. The van der Waals surface area contributed by atoms with Crippen molar-refractivity contribution >= 4 is 47.6 Å². The molecule has 352 valence electrons. The number of aromatic hydroxyl groups is 1. The zero-order valence-electron chi connectivity index (χ0n) is 38.4. The van der Waals surface area contributed by atoms with Crippen molar-refractivity contribution in [2.75, 3.05) is 48.0 Å². The minimum atomic E-state index is -1.16. The minimum Gasteiger partial charge on any atom is -0.502 e. The number of carbonyl (C=O) groups excluding carboxylic acids is 5. The summed E-state index contributed by atoms with van der Waals surface area (Å²) in [5.41, 5.74) is -0.178. The maximum absolute atomic E-state index is 14.4. The van der Waals surface area contributed by atoms with Crippen molar-refractivity contribution in [1.82, 2.24) is 30.8 Å². The Hall–Kier alpha value is -3.94. The Kier molecular flexibility index (Phi) is 22.2. The number of hydroxylamine groups is 2. The highest BCUT2D eigenvalue weighted by molar-refractivity contribution is 6.00. The largest absolute Gasteiger partial charge is 0.502 e. The van der Waals surface area contributed by atoms with Gasteiger partial charge in [0.2, 0.25) is 23.6 Å². The van der Waals surface area contributed by atoms with E-state index in [1.54, 1.807) is 26.0 Å². The van der Waals surface area contributed by atoms with Crippen molar-refractivity contribution in [3.63, 3.8) is 0 Å². The van der Waals surface area contributed by atoms with Crippen LogP contribution >= 0.6 is 12.4 Å². The Morgan fingerprint density at radius 3 is 2.19 bits per heavy atom. The molecule has 2 fully saturated rings. The number of ether oxygens (including phenoxy) is 2. The SMILES string of the molecule is CC[C@H](C)[C@@H]([C@@H](CC(=O)N1CCC[C@H]1[C@H](OC)[C@@H](C)C(=O)N[C@@H](Cc1ccc(O)c([N+](=O)[O-])c1)C(=O)N1CCCCO1)OC)N(C)[C@H](C(=O)NC(=O)[C@@H](NC)C(C)C)C(C)C.Cl. The summed E-state index contributed by atoms with van der Waals surface area (Å²) in [4.78, 5) is 89.3. The van der Waals surface area contributed by atoms with Crippen LogP contribution in [0.25, 0.3) is 0 Å². The number of phenols is 1. The lowest BCUT2D eigenvalue weighted by molar-refractivity contribution is -0.385. The Morgan fingerprint density at radius 2 is 1.66 bits per heavy atom. The second-order valence-electron chi connectivity index (χ2n) is 17.2. The second-order valence-corrected chi connectivity index (χ2v) is 17.2. The zero-order valence-corrected chi connectivity index (χ0v) is 39.2. The van der Waals surface area contributed by atoms with Crippen molar-refractivity contribution in [3.8, 4) is 5.75 Å². The molecule has 0 aliphatic carbocycles. The molecule has 2 heterocycles. The molecular weight excluding hydrogens is 826 g/mol. The van der Waals surface area contributed by atoms with E-state index in [0.717, 1.165) is 12.8 Å². The van der Waals surface area contributed by atoms with Gasteiger partial charge in [0.05, 0.1) is 54.2 Å². The van der Waals surface area contributed by atoms with Crippen LogP contribution in [0, 0.1) is 33.8 Å². The highest BCUT2D eigenvalue weighted by Gasteiger charge is 2.44. The number of nitrogens with one attached hydrogen (secondary N) is 3. The number of likely N-dealkylation sites (tertiary alicyclic amines) is 1. The van der Waals surface area contributed by atoms with E-state index in [2.05, 4.69) is 16.0 Å². The molecular formula is C43H72ClN7O11. The molecule has 62 heavy (non-hydrogen) atoms. The topological polar surface area (TPSA) is 222 Å². The number of nitro groups is 1. The maximum Gasteiger partial charge on any atom is 0.310 e. The molecule has 0 saturated carbocycles. The van der Waals surface area contributed by atoms with E-state index in [0.29, 0.717) is 44.5 Å². The van der Waals surface area contributed by atoms with E-state index < -0.39 is 88.3 Å². The van der Waals surface area contributed by atoms with E-state index in [-0.39, 0.29) is 48.9 Å². The first-order valence-electron chi connectivity index (χ1n) is 21.6. The summed E-state index contributed by atoms with van der Waals surface area (Å²) in [5, 5.41) is 31.2. The summed E-state index contributed by atoms with van der Waals surface area (Å²) in [6.45, 7) is 14.4. The van der Waals surface area contributed by atoms with Crippen LogP contribution in [0.5, 0.6) is 5.75 Å². The number of benzene rings is 1. The molecule has 9 atom stereocenters. The fourth-order valence-corrected chi connectivity index (χ4v) is 8.90. The van der Waals surface area contributed by atoms with Crippen LogP contribution in [-0.4, -0.2) is 145 Å². The molecule has 0 unspecified atom stereocenters. The van der Waals surface area contributed by atoms with Crippen LogP contribution in [0.4, 0.5) is 5.69 Å². The summed E-state index contributed by atoms with van der Waals surface area (Å²) in [7, 11) is 6.53. The number of nitrogens with zero attached hydrogens (tertiary/aromatic N) is 4. The molecule has 19 heteroatoms. The number of imide groups is 1. The third-order valence-electron chi connectivity index (χ3n) is 12.3. The Balaban J connectivity index is 0.0000132. The number of nitro benzene ring substituents is 1. The third kappa shape index (κ3) is 13.8. The second kappa shape index (κ2) is 25.4. The molecule has 0 aromatic heterocycles. The molecule has 18 nitrogen and oxygen atoms in total. The third-order valence-corrected chi connectivity index (χ3v) is 12.3. The summed E-state index contributed by atoms with van der Waals surface area (Å²) in [6.07, 6.45) is 1.88. The maximum atomic E-state index is 14.4. The van der Waals surface area contributed by atoms with Gasteiger partial charge in [0.25, 0.3) is 5.91 Å². The summed E-state index contributed by atoms with van der Waals surface area (Å²) >= 11 is 0. The van der Waals surface area contributed by atoms with Gasteiger partial charge in [-0.05, 0) is 69.2 Å². The van der Waals surface area contributed by atoms with Crippen molar-refractivity contribution < 1.29 is 48.3 Å². The lowest BCUT2D eigenvalue weighted by atomic mass is 9.87. The molecule has 0 spiro atoms. The first-order valence-corrected chi connectivity index (χ1v) is 21.6. The molecule has 2 aliphatic heterocycles. The number of halogens is 1. The van der Waals surface area contributed by atoms with E-state index >= 15 is 0 Å². The van der Waals surface area contributed by atoms with Gasteiger partial charge in [-0.3, -0.25) is 49.1 Å². The first kappa shape index (κ1) is 54.2. The normalized spacial score (nSPS) is 19.5. The van der Waals surface area contributed by atoms with Crippen molar-refractivity contribution in [3.05, 3.63) is 33.9 Å². The van der Waals surface area contributed by atoms with Gasteiger partial charge >= 0.3 is 5.69 Å². The molecule has 1 aromatic rings. The van der Waals surface area contributed by atoms with Gasteiger partial charge in [0.1, 0.15) is 6.04 Å². The average Bonchev–Trinajstić information content (AvgIpc) is 3.70. The number of carbonyl (C=O) groups is 5. The molecule has 5 amide bonds. The highest BCUT2D eigenvalue weighted by atomic mass is 35.5. The molecule has 4 N–H and O–H groups in total. The molecule has 3 rings (SSSR count). The highest BCUT2D eigenvalue weighted by Crippen LogP contribution is 2.31. The van der Waals surface area contributed by atoms with Crippen LogP contribution in [-0.2, 0) is 44.7 Å². The number of methoxy groups -OCH3 is 2. The van der Waals surface area contributed by atoms with Crippen molar-refractivity contribution in [2.24, 2.45) is 23.7 Å². The van der Waals surface area contributed by atoms with Crippen LogP contribution in [0.2, 0.25) is 0 Å². The van der Waals surface area contributed by atoms with Gasteiger partial charge in [-0.1, -0.05) is 61.0 Å². The molecule has 1 aromatic carbocycles. The molecule has 2 saturated heterocycles. The van der Waals surface area contributed by atoms with Crippen LogP contribution in [0.3, 0.4) is 0 Å². The first-order chi connectivity index (χ1) is 28.8. The van der Waals surface area contributed by atoms with Crippen LogP contribution in [0.1, 0.15) is 92.6 Å². The molecule has 2 aliphatic rings. The number of rotatable bonds is 22. The van der Waals surface area contributed by atoms with E-state index in [1.165, 1.54) is 30.4 Å². The predicted octanol–water partition coefficient (Wildman–Crippen LogP) is 3.61. The molecule has 0 bridgehead atoms. The van der Waals surface area contributed by atoms with Crippen LogP contribution < -0.4 is 16.0 Å². The number of phenolic OH excluding ortho intramolecular Hbond substituents is 1. The van der Waals surface area contributed by atoms with Gasteiger partial charge in [-0.2, -0.15) is 0 Å². The smallest absolute Gasteiger partial charge is 0.310 e. The van der Waals surface area contributed by atoms with Gasteiger partial charge in [0.15, 0.2) is 5.75 Å². The molecule has 0 radical (unpaired) electrons. The number of amides is 5. The van der Waals surface area contributed by atoms with Crippen molar-refractivity contribution in [2.45, 2.75) is 136 Å². The summed E-state index contributed by atoms with van der Waals surface area (Å²) in [5.74, 6) is -3.69. The summed E-state index contributed by atoms with van der Waals surface area (Å²) in [6, 6.07) is 0.497. The Morgan fingerprint density at radius 1 is 0.984 bits per heavy atom. The Bertz CT molecular complexity index is 1660. The van der Waals surface area contributed by atoms with Crippen LogP contribution in [0.15, 0.2) is 18.2 Å². The lowest BCUT2D eigenvalue weighted by Crippen LogP contribution is -2.60. The summed E-state index contributed by atoms with van der Waals surface area (Å²) < 4.78 is 12.0. The van der Waals surface area contributed by atoms with Gasteiger partial charge in [-0.25, -0.2) is 5.06 Å². The predicted molar refractivity (Wildman–Crippen MR) is 235 cm³/mol. The van der Waals surface area contributed by atoms with E-state index in [4.69, 9.17) is 14.3 Å². The average molecular weight is 899 g/mol. The minimum absolute atomic E-state index is 0. The number of hydrogen-bond donors (Lipinski definition) is 4. The van der Waals surface area contributed by atoms with Gasteiger partial charge < -0.3 is 30.1 Å². The van der Waals surface area contributed by atoms with Gasteiger partial charge in [-0.15, -0.1) is 12.4 Å². The van der Waals surface area contributed by atoms with Crippen molar-refractivity contribution in [1.29, 1.82) is 0 Å². The zero-order chi connectivity index (χ0) is 45.7.